The summed E-state index contributed by atoms with van der Waals surface area (Å²) in [6.07, 6.45) is 0. The van der Waals surface area contributed by atoms with Crippen LogP contribution in [-0.2, 0) is 0 Å². The summed E-state index contributed by atoms with van der Waals surface area (Å²) >= 11 is 0. The van der Waals surface area contributed by atoms with Crippen LogP contribution in [0.3, 0.4) is 0 Å². The Morgan fingerprint density at radius 3 is 2.39 bits per heavy atom. The van der Waals surface area contributed by atoms with Gasteiger partial charge in [-0.1, -0.05) is 0 Å². The monoisotopic (exact) mass is 247 g/mol. The Hall–Kier alpha value is -2.23. The van der Waals surface area contributed by atoms with E-state index in [-0.39, 0.29) is 11.6 Å². The van der Waals surface area contributed by atoms with Crippen LogP contribution in [-0.4, -0.2) is 19.3 Å². The van der Waals surface area contributed by atoms with Gasteiger partial charge in [0.1, 0.15) is 17.3 Å². The molecule has 2 rings (SSSR count). The molecule has 0 amide bonds. The maximum Gasteiger partial charge on any atom is 0.142 e. The van der Waals surface area contributed by atoms with Crippen molar-refractivity contribution in [1.82, 2.24) is 0 Å². The number of rotatable bonds is 3. The van der Waals surface area contributed by atoms with E-state index in [9.17, 15) is 9.50 Å². The molecule has 0 fully saturated rings. The van der Waals surface area contributed by atoms with Crippen LogP contribution in [0.5, 0.6) is 11.5 Å². The Labute approximate surface area is 105 Å². The van der Waals surface area contributed by atoms with Gasteiger partial charge in [-0.2, -0.15) is 0 Å². The van der Waals surface area contributed by atoms with Crippen molar-refractivity contribution in [2.45, 2.75) is 0 Å². The minimum Gasteiger partial charge on any atom is -0.508 e. The molecule has 3 nitrogen and oxygen atoms in total. The first kappa shape index (κ1) is 12.2. The Balaban J connectivity index is 2.41. The normalized spacial score (nSPS) is 10.2. The maximum absolute atomic E-state index is 13.3. The summed E-state index contributed by atoms with van der Waals surface area (Å²) in [5, 5.41) is 9.25. The van der Waals surface area contributed by atoms with E-state index in [4.69, 9.17) is 4.74 Å². The number of phenolic OH excluding ortho intramolecular Hbond substituents is 1. The average molecular weight is 247 g/mol. The number of anilines is 2. The van der Waals surface area contributed by atoms with E-state index < -0.39 is 0 Å². The molecular formula is C14H14FNO2. The van der Waals surface area contributed by atoms with Crippen LogP contribution in [0, 0.1) is 5.82 Å². The number of hydrogen-bond donors (Lipinski definition) is 1. The fraction of sp³-hybridized carbons (Fsp3) is 0.143. The van der Waals surface area contributed by atoms with Gasteiger partial charge in [-0.15, -0.1) is 0 Å². The van der Waals surface area contributed by atoms with E-state index in [1.165, 1.54) is 12.1 Å². The summed E-state index contributed by atoms with van der Waals surface area (Å²) in [5.74, 6) is 0.460. The fourth-order valence-corrected chi connectivity index (χ4v) is 1.74. The van der Waals surface area contributed by atoms with Crippen molar-refractivity contribution < 1.29 is 14.2 Å². The van der Waals surface area contributed by atoms with Crippen molar-refractivity contribution in [3.8, 4) is 11.5 Å². The molecule has 0 aliphatic carbocycles. The highest BCUT2D eigenvalue weighted by molar-refractivity contribution is 5.68. The fourth-order valence-electron chi connectivity index (χ4n) is 1.74. The first-order valence-electron chi connectivity index (χ1n) is 5.48. The van der Waals surface area contributed by atoms with Crippen LogP contribution in [0.25, 0.3) is 0 Å². The molecular weight excluding hydrogens is 233 g/mol. The van der Waals surface area contributed by atoms with E-state index in [0.717, 1.165) is 5.69 Å². The predicted octanol–water partition coefficient (Wildman–Crippen LogP) is 3.31. The lowest BCUT2D eigenvalue weighted by molar-refractivity contribution is 0.414. The standard InChI is InChI=1S/C14H14FNO2/c1-16(11-4-6-12(17)7-5-11)13-9-10(15)3-8-14(13)18-2/h3-9,17H,1-2H3. The molecule has 2 aromatic rings. The molecule has 0 spiro atoms. The Morgan fingerprint density at radius 1 is 1.11 bits per heavy atom. The van der Waals surface area contributed by atoms with Gasteiger partial charge in [0.2, 0.25) is 0 Å². The molecule has 1 N–H and O–H groups in total. The van der Waals surface area contributed by atoms with Crippen molar-refractivity contribution >= 4 is 11.4 Å². The van der Waals surface area contributed by atoms with Crippen LogP contribution in [0.2, 0.25) is 0 Å². The minimum absolute atomic E-state index is 0.193. The molecule has 2 aromatic carbocycles. The van der Waals surface area contributed by atoms with E-state index >= 15 is 0 Å². The van der Waals surface area contributed by atoms with E-state index in [1.54, 1.807) is 42.3 Å². The zero-order valence-electron chi connectivity index (χ0n) is 10.2. The highest BCUT2D eigenvalue weighted by atomic mass is 19.1. The number of hydrogen-bond acceptors (Lipinski definition) is 3. The highest BCUT2D eigenvalue weighted by Gasteiger charge is 2.11. The second-order valence-electron chi connectivity index (χ2n) is 3.89. The number of benzene rings is 2. The van der Waals surface area contributed by atoms with E-state index in [1.807, 2.05) is 7.05 Å². The topological polar surface area (TPSA) is 32.7 Å². The zero-order valence-corrected chi connectivity index (χ0v) is 10.2. The van der Waals surface area contributed by atoms with Gasteiger partial charge in [-0.3, -0.25) is 0 Å². The van der Waals surface area contributed by atoms with Gasteiger partial charge in [0.05, 0.1) is 12.8 Å². The molecule has 0 saturated carbocycles. The summed E-state index contributed by atoms with van der Waals surface area (Å²) in [4.78, 5) is 1.79. The smallest absolute Gasteiger partial charge is 0.142 e. The highest BCUT2D eigenvalue weighted by Crippen LogP contribution is 2.33. The third kappa shape index (κ3) is 2.37. The lowest BCUT2D eigenvalue weighted by atomic mass is 10.2. The molecule has 0 radical (unpaired) electrons. The van der Waals surface area contributed by atoms with Crippen LogP contribution in [0.15, 0.2) is 42.5 Å². The van der Waals surface area contributed by atoms with Crippen LogP contribution < -0.4 is 9.64 Å². The zero-order chi connectivity index (χ0) is 13.1. The molecule has 0 saturated heterocycles. The quantitative estimate of drug-likeness (QED) is 0.903. The molecule has 0 unspecified atom stereocenters. The largest absolute Gasteiger partial charge is 0.508 e. The second-order valence-corrected chi connectivity index (χ2v) is 3.89. The molecule has 0 heterocycles. The van der Waals surface area contributed by atoms with Gasteiger partial charge >= 0.3 is 0 Å². The van der Waals surface area contributed by atoms with Gasteiger partial charge in [0.25, 0.3) is 0 Å². The Bertz CT molecular complexity index is 540. The number of ether oxygens (including phenoxy) is 1. The Morgan fingerprint density at radius 2 is 1.78 bits per heavy atom. The lowest BCUT2D eigenvalue weighted by Crippen LogP contribution is -2.10. The van der Waals surface area contributed by atoms with Crippen molar-refractivity contribution in [1.29, 1.82) is 0 Å². The van der Waals surface area contributed by atoms with Crippen LogP contribution in [0.4, 0.5) is 15.8 Å². The number of methoxy groups -OCH3 is 1. The molecule has 0 bridgehead atoms. The minimum atomic E-state index is -0.323. The molecule has 18 heavy (non-hydrogen) atoms. The van der Waals surface area contributed by atoms with Crippen LogP contribution in [0.1, 0.15) is 0 Å². The average Bonchev–Trinajstić information content (AvgIpc) is 2.39. The summed E-state index contributed by atoms with van der Waals surface area (Å²) in [6.45, 7) is 0. The number of nitrogens with zero attached hydrogens (tertiary/aromatic N) is 1. The van der Waals surface area contributed by atoms with Gasteiger partial charge in [-0.25, -0.2) is 4.39 Å². The predicted molar refractivity (Wildman–Crippen MR) is 69.1 cm³/mol. The second kappa shape index (κ2) is 4.96. The van der Waals surface area contributed by atoms with Crippen molar-refractivity contribution in [2.24, 2.45) is 0 Å². The lowest BCUT2D eigenvalue weighted by Gasteiger charge is -2.21. The van der Waals surface area contributed by atoms with Gasteiger partial charge in [-0.05, 0) is 36.4 Å². The molecule has 4 heteroatoms. The molecule has 0 atom stereocenters. The third-order valence-corrected chi connectivity index (χ3v) is 2.74. The Kier molecular flexibility index (Phi) is 3.37. The van der Waals surface area contributed by atoms with Crippen molar-refractivity contribution in [3.63, 3.8) is 0 Å². The van der Waals surface area contributed by atoms with Gasteiger partial charge in [0, 0.05) is 18.8 Å². The van der Waals surface area contributed by atoms with Crippen molar-refractivity contribution in [2.75, 3.05) is 19.1 Å². The molecule has 0 aliphatic heterocycles. The summed E-state index contributed by atoms with van der Waals surface area (Å²) in [6, 6.07) is 11.0. The number of aromatic hydroxyl groups is 1. The first-order valence-corrected chi connectivity index (χ1v) is 5.48. The van der Waals surface area contributed by atoms with Crippen molar-refractivity contribution in [3.05, 3.63) is 48.3 Å². The van der Waals surface area contributed by atoms with Gasteiger partial charge < -0.3 is 14.7 Å². The SMILES string of the molecule is COc1ccc(F)cc1N(C)c1ccc(O)cc1. The number of halogens is 1. The summed E-state index contributed by atoms with van der Waals surface area (Å²) in [5.41, 5.74) is 1.46. The van der Waals surface area contributed by atoms with E-state index in [0.29, 0.717) is 11.4 Å². The summed E-state index contributed by atoms with van der Waals surface area (Å²) < 4.78 is 18.5. The molecule has 94 valence electrons. The third-order valence-electron chi connectivity index (χ3n) is 2.74. The maximum atomic E-state index is 13.3. The molecule has 0 aromatic heterocycles. The van der Waals surface area contributed by atoms with E-state index in [2.05, 4.69) is 0 Å². The molecule has 0 aliphatic rings. The first-order chi connectivity index (χ1) is 8.61. The summed E-state index contributed by atoms with van der Waals surface area (Å²) in [7, 11) is 3.35. The van der Waals surface area contributed by atoms with Gasteiger partial charge in [0.15, 0.2) is 0 Å². The number of phenols is 1. The van der Waals surface area contributed by atoms with Crippen LogP contribution >= 0.6 is 0 Å².